The lowest BCUT2D eigenvalue weighted by molar-refractivity contribution is 0.333. The maximum Gasteiger partial charge on any atom is 0.00672 e. The van der Waals surface area contributed by atoms with Gasteiger partial charge in [-0.15, -0.1) is 0 Å². The number of hydrogen-bond acceptors (Lipinski definition) is 1. The Morgan fingerprint density at radius 2 is 1.94 bits per heavy atom. The summed E-state index contributed by atoms with van der Waals surface area (Å²) >= 11 is 0. The van der Waals surface area contributed by atoms with Gasteiger partial charge in [-0.1, -0.05) is 38.8 Å². The van der Waals surface area contributed by atoms with Gasteiger partial charge in [0.15, 0.2) is 0 Å². The summed E-state index contributed by atoms with van der Waals surface area (Å²) in [5, 5.41) is 3.86. The first-order chi connectivity index (χ1) is 8.75. The normalized spacial score (nSPS) is 33.6. The fraction of sp³-hybridized carbons (Fsp3) is 0.882. The lowest BCUT2D eigenvalue weighted by atomic mass is 9.89. The van der Waals surface area contributed by atoms with Gasteiger partial charge in [0.05, 0.1) is 0 Å². The molecule has 0 saturated heterocycles. The molecule has 104 valence electrons. The molecule has 0 aliphatic heterocycles. The maximum atomic E-state index is 3.86. The van der Waals surface area contributed by atoms with Crippen molar-refractivity contribution in [3.8, 4) is 0 Å². The predicted molar refractivity (Wildman–Crippen MR) is 79.7 cm³/mol. The fourth-order valence-corrected chi connectivity index (χ4v) is 3.58. The molecular weight excluding hydrogens is 218 g/mol. The smallest absolute Gasteiger partial charge is 0.00672 e. The van der Waals surface area contributed by atoms with E-state index in [0.717, 1.165) is 23.8 Å². The van der Waals surface area contributed by atoms with Gasteiger partial charge in [0.25, 0.3) is 0 Å². The molecule has 1 heteroatoms. The highest BCUT2D eigenvalue weighted by atomic mass is 14.9. The Kier molecular flexibility index (Phi) is 5.75. The molecule has 0 aromatic rings. The molecule has 18 heavy (non-hydrogen) atoms. The van der Waals surface area contributed by atoms with E-state index in [2.05, 4.69) is 31.3 Å². The largest absolute Gasteiger partial charge is 0.314 e. The van der Waals surface area contributed by atoms with Crippen LogP contribution in [0.5, 0.6) is 0 Å². The molecule has 2 aliphatic carbocycles. The summed E-state index contributed by atoms with van der Waals surface area (Å²) in [5.41, 5.74) is 0. The van der Waals surface area contributed by atoms with Crippen molar-refractivity contribution in [2.45, 2.75) is 71.3 Å². The van der Waals surface area contributed by atoms with Gasteiger partial charge in [-0.2, -0.15) is 0 Å². The van der Waals surface area contributed by atoms with Gasteiger partial charge in [0.2, 0.25) is 0 Å². The molecule has 1 nitrogen and oxygen atoms in total. The third kappa shape index (κ3) is 4.42. The van der Waals surface area contributed by atoms with Crippen LogP contribution in [0.3, 0.4) is 0 Å². The Morgan fingerprint density at radius 1 is 1.06 bits per heavy atom. The molecule has 1 fully saturated rings. The molecule has 2 rings (SSSR count). The van der Waals surface area contributed by atoms with E-state index < -0.39 is 0 Å². The van der Waals surface area contributed by atoms with Crippen molar-refractivity contribution in [2.24, 2.45) is 17.8 Å². The molecule has 0 amide bonds. The highest BCUT2D eigenvalue weighted by molar-refractivity contribution is 4.91. The molecule has 0 aromatic carbocycles. The highest BCUT2D eigenvalue weighted by Crippen LogP contribution is 2.29. The van der Waals surface area contributed by atoms with E-state index in [9.17, 15) is 0 Å². The van der Waals surface area contributed by atoms with E-state index in [1.165, 1.54) is 57.9 Å². The Bertz CT molecular complexity index is 256. The number of rotatable bonds is 4. The van der Waals surface area contributed by atoms with Gasteiger partial charge < -0.3 is 5.32 Å². The second-order valence-corrected chi connectivity index (χ2v) is 6.77. The van der Waals surface area contributed by atoms with Crippen molar-refractivity contribution < 1.29 is 0 Å². The molecule has 0 spiro atoms. The molecule has 3 unspecified atom stereocenters. The zero-order valence-electron chi connectivity index (χ0n) is 12.3. The Hall–Kier alpha value is -0.300. The topological polar surface area (TPSA) is 12.0 Å². The van der Waals surface area contributed by atoms with E-state index in [0.29, 0.717) is 0 Å². The van der Waals surface area contributed by atoms with Crippen molar-refractivity contribution in [1.82, 2.24) is 5.32 Å². The zero-order chi connectivity index (χ0) is 12.8. The van der Waals surface area contributed by atoms with Crippen LogP contribution in [0.2, 0.25) is 0 Å². The highest BCUT2D eigenvalue weighted by Gasteiger charge is 2.21. The van der Waals surface area contributed by atoms with E-state index in [4.69, 9.17) is 0 Å². The zero-order valence-corrected chi connectivity index (χ0v) is 12.3. The Labute approximate surface area is 113 Å². The lowest BCUT2D eigenvalue weighted by Gasteiger charge is -2.23. The van der Waals surface area contributed by atoms with Gasteiger partial charge in [-0.25, -0.2) is 0 Å². The first kappa shape index (κ1) is 14.1. The Morgan fingerprint density at radius 3 is 2.67 bits per heavy atom. The minimum Gasteiger partial charge on any atom is -0.314 e. The summed E-state index contributed by atoms with van der Waals surface area (Å²) in [5.74, 6) is 2.76. The average Bonchev–Trinajstić information content (AvgIpc) is 2.63. The standard InChI is InChI=1S/C17H31N/c1-14(2)16-9-6-10-17(12-11-16)18-13-15-7-4-3-5-8-15/h3-4,14-18H,5-13H2,1-2H3. The van der Waals surface area contributed by atoms with E-state index in [1.54, 1.807) is 0 Å². The van der Waals surface area contributed by atoms with Gasteiger partial charge in [-0.05, 0) is 62.8 Å². The molecule has 1 saturated carbocycles. The number of hydrogen-bond donors (Lipinski definition) is 1. The van der Waals surface area contributed by atoms with Crippen molar-refractivity contribution in [1.29, 1.82) is 0 Å². The molecule has 0 bridgehead atoms. The van der Waals surface area contributed by atoms with Gasteiger partial charge in [0.1, 0.15) is 0 Å². The first-order valence-electron chi connectivity index (χ1n) is 8.14. The molecule has 0 radical (unpaired) electrons. The van der Waals surface area contributed by atoms with Crippen LogP contribution >= 0.6 is 0 Å². The third-order valence-corrected chi connectivity index (χ3v) is 5.03. The molecule has 2 aliphatic rings. The minimum absolute atomic E-state index is 0.805. The summed E-state index contributed by atoms with van der Waals surface area (Å²) in [7, 11) is 0. The first-order valence-corrected chi connectivity index (χ1v) is 8.14. The van der Waals surface area contributed by atoms with Crippen LogP contribution in [0.25, 0.3) is 0 Å². The summed E-state index contributed by atoms with van der Waals surface area (Å²) < 4.78 is 0. The quantitative estimate of drug-likeness (QED) is 0.570. The van der Waals surface area contributed by atoms with Gasteiger partial charge in [0, 0.05) is 6.04 Å². The van der Waals surface area contributed by atoms with Crippen LogP contribution in [-0.2, 0) is 0 Å². The summed E-state index contributed by atoms with van der Waals surface area (Å²) in [4.78, 5) is 0. The third-order valence-electron chi connectivity index (χ3n) is 5.03. The van der Waals surface area contributed by atoms with Crippen molar-refractivity contribution in [3.05, 3.63) is 12.2 Å². The lowest BCUT2D eigenvalue weighted by Crippen LogP contribution is -2.33. The monoisotopic (exact) mass is 249 g/mol. The molecule has 0 aromatic heterocycles. The summed E-state index contributed by atoms with van der Waals surface area (Å²) in [6.45, 7) is 6.04. The molecule has 3 atom stereocenters. The van der Waals surface area contributed by atoms with E-state index in [-0.39, 0.29) is 0 Å². The fourth-order valence-electron chi connectivity index (χ4n) is 3.58. The van der Waals surface area contributed by atoms with Crippen molar-refractivity contribution >= 4 is 0 Å². The molecule has 1 N–H and O–H groups in total. The number of allylic oxidation sites excluding steroid dienone is 2. The maximum absolute atomic E-state index is 3.86. The van der Waals surface area contributed by atoms with Crippen LogP contribution in [0.1, 0.15) is 65.2 Å². The minimum atomic E-state index is 0.805. The van der Waals surface area contributed by atoms with E-state index in [1.807, 2.05) is 0 Å². The van der Waals surface area contributed by atoms with Crippen molar-refractivity contribution in [3.63, 3.8) is 0 Å². The number of nitrogens with one attached hydrogen (secondary N) is 1. The second kappa shape index (κ2) is 7.33. The van der Waals surface area contributed by atoms with Gasteiger partial charge >= 0.3 is 0 Å². The predicted octanol–water partition coefficient (Wildman–Crippen LogP) is 4.54. The summed E-state index contributed by atoms with van der Waals surface area (Å²) in [6.07, 6.45) is 15.9. The second-order valence-electron chi connectivity index (χ2n) is 6.77. The van der Waals surface area contributed by atoms with Crippen LogP contribution in [-0.4, -0.2) is 12.6 Å². The van der Waals surface area contributed by atoms with Crippen molar-refractivity contribution in [2.75, 3.05) is 6.54 Å². The van der Waals surface area contributed by atoms with Crippen LogP contribution < -0.4 is 5.32 Å². The van der Waals surface area contributed by atoms with Crippen LogP contribution in [0, 0.1) is 17.8 Å². The van der Waals surface area contributed by atoms with Crippen LogP contribution in [0.4, 0.5) is 0 Å². The SMILES string of the molecule is CC(C)C1CCCC(NCC2CC=CCC2)CC1. The Balaban J connectivity index is 1.68. The molecule has 0 heterocycles. The van der Waals surface area contributed by atoms with E-state index >= 15 is 0 Å². The summed E-state index contributed by atoms with van der Waals surface area (Å²) in [6, 6.07) is 0.805. The average molecular weight is 249 g/mol. The van der Waals surface area contributed by atoms with Gasteiger partial charge in [-0.3, -0.25) is 0 Å². The van der Waals surface area contributed by atoms with Crippen LogP contribution in [0.15, 0.2) is 12.2 Å². The molecular formula is C17H31N.